The highest BCUT2D eigenvalue weighted by molar-refractivity contribution is 4.69. The van der Waals surface area contributed by atoms with Crippen LogP contribution in [-0.4, -0.2) is 48.8 Å². The van der Waals surface area contributed by atoms with E-state index >= 15 is 0 Å². The van der Waals surface area contributed by atoms with Crippen LogP contribution in [0.15, 0.2) is 0 Å². The molecule has 1 aliphatic rings. The van der Waals surface area contributed by atoms with Crippen LogP contribution in [0.5, 0.6) is 0 Å². The predicted octanol–water partition coefficient (Wildman–Crippen LogP) is 0.951. The predicted molar refractivity (Wildman–Crippen MR) is 61.3 cm³/mol. The van der Waals surface area contributed by atoms with Crippen molar-refractivity contribution in [1.82, 2.24) is 0 Å². The summed E-state index contributed by atoms with van der Waals surface area (Å²) < 4.78 is 10.8. The van der Waals surface area contributed by atoms with Crippen LogP contribution in [0.1, 0.15) is 32.6 Å². The van der Waals surface area contributed by atoms with E-state index in [0.717, 1.165) is 18.8 Å². The summed E-state index contributed by atoms with van der Waals surface area (Å²) in [6.45, 7) is 3.29. The SMILES string of the molecule is CC1CCC(OCCOCC(O)CO)CC1. The van der Waals surface area contributed by atoms with Crippen LogP contribution in [0.4, 0.5) is 0 Å². The van der Waals surface area contributed by atoms with Crippen LogP contribution in [0.2, 0.25) is 0 Å². The highest BCUT2D eigenvalue weighted by Crippen LogP contribution is 2.25. The van der Waals surface area contributed by atoms with E-state index in [1.807, 2.05) is 0 Å². The second-order valence-corrected chi connectivity index (χ2v) is 4.66. The number of hydrogen-bond acceptors (Lipinski definition) is 4. The Morgan fingerprint density at radius 2 is 1.88 bits per heavy atom. The van der Waals surface area contributed by atoms with Crippen LogP contribution in [0.25, 0.3) is 0 Å². The first kappa shape index (κ1) is 13.9. The van der Waals surface area contributed by atoms with Gasteiger partial charge in [0.1, 0.15) is 6.10 Å². The maximum Gasteiger partial charge on any atom is 0.100 e. The van der Waals surface area contributed by atoms with Crippen molar-refractivity contribution in [3.63, 3.8) is 0 Å². The van der Waals surface area contributed by atoms with Gasteiger partial charge in [-0.3, -0.25) is 0 Å². The molecule has 1 aliphatic carbocycles. The van der Waals surface area contributed by atoms with Gasteiger partial charge < -0.3 is 19.7 Å². The molecule has 0 aromatic heterocycles. The minimum atomic E-state index is -0.768. The summed E-state index contributed by atoms with van der Waals surface area (Å²) in [5.41, 5.74) is 0. The van der Waals surface area contributed by atoms with Crippen molar-refractivity contribution in [2.45, 2.75) is 44.8 Å². The van der Waals surface area contributed by atoms with Crippen LogP contribution >= 0.6 is 0 Å². The standard InChI is InChI=1S/C12H24O4/c1-10-2-4-12(5-3-10)16-7-6-15-9-11(14)8-13/h10-14H,2-9H2,1H3. The Morgan fingerprint density at radius 1 is 1.19 bits per heavy atom. The largest absolute Gasteiger partial charge is 0.394 e. The second kappa shape index (κ2) is 8.01. The number of aliphatic hydroxyl groups is 2. The average Bonchev–Trinajstić information content (AvgIpc) is 2.31. The third-order valence-corrected chi connectivity index (χ3v) is 3.07. The Labute approximate surface area is 97.6 Å². The van der Waals surface area contributed by atoms with Crippen molar-refractivity contribution in [3.05, 3.63) is 0 Å². The number of hydrogen-bond donors (Lipinski definition) is 2. The minimum Gasteiger partial charge on any atom is -0.394 e. The molecule has 0 aromatic carbocycles. The van der Waals surface area contributed by atoms with Gasteiger partial charge in [-0.2, -0.15) is 0 Å². The van der Waals surface area contributed by atoms with Gasteiger partial charge >= 0.3 is 0 Å². The maximum absolute atomic E-state index is 9.02. The molecule has 0 bridgehead atoms. The lowest BCUT2D eigenvalue weighted by Gasteiger charge is -2.26. The Morgan fingerprint density at radius 3 is 2.50 bits per heavy atom. The van der Waals surface area contributed by atoms with Crippen molar-refractivity contribution in [2.75, 3.05) is 26.4 Å². The fourth-order valence-electron chi connectivity index (χ4n) is 1.94. The lowest BCUT2D eigenvalue weighted by Crippen LogP contribution is -2.24. The Hall–Kier alpha value is -0.160. The van der Waals surface area contributed by atoms with Gasteiger partial charge in [-0.15, -0.1) is 0 Å². The van der Waals surface area contributed by atoms with Crippen LogP contribution in [-0.2, 0) is 9.47 Å². The normalized spacial score (nSPS) is 27.9. The van der Waals surface area contributed by atoms with Gasteiger partial charge in [0.25, 0.3) is 0 Å². The maximum atomic E-state index is 9.02. The molecule has 1 unspecified atom stereocenters. The molecular weight excluding hydrogens is 208 g/mol. The molecule has 0 saturated heterocycles. The Bertz CT molecular complexity index is 166. The summed E-state index contributed by atoms with van der Waals surface area (Å²) in [5, 5.41) is 17.6. The first-order valence-corrected chi connectivity index (χ1v) is 6.20. The van der Waals surface area contributed by atoms with E-state index < -0.39 is 6.10 Å². The number of aliphatic hydroxyl groups excluding tert-OH is 2. The van der Waals surface area contributed by atoms with Gasteiger partial charge in [0.05, 0.1) is 32.5 Å². The molecule has 1 rings (SSSR count). The summed E-state index contributed by atoms with van der Waals surface area (Å²) in [5.74, 6) is 0.843. The molecule has 1 saturated carbocycles. The summed E-state index contributed by atoms with van der Waals surface area (Å²) in [6.07, 6.45) is 4.45. The van der Waals surface area contributed by atoms with Crippen LogP contribution < -0.4 is 0 Å². The van der Waals surface area contributed by atoms with E-state index in [4.69, 9.17) is 19.7 Å². The Balaban J connectivity index is 1.91. The number of ether oxygens (including phenoxy) is 2. The molecule has 96 valence electrons. The molecule has 4 heteroatoms. The Kier molecular flexibility index (Phi) is 6.96. The lowest BCUT2D eigenvalue weighted by molar-refractivity contribution is -0.0399. The molecule has 1 fully saturated rings. The molecular formula is C12H24O4. The monoisotopic (exact) mass is 232 g/mol. The van der Waals surface area contributed by atoms with Crippen molar-refractivity contribution < 1.29 is 19.7 Å². The quantitative estimate of drug-likeness (QED) is 0.642. The van der Waals surface area contributed by atoms with E-state index in [-0.39, 0.29) is 13.2 Å². The molecule has 1 atom stereocenters. The number of rotatable bonds is 7. The van der Waals surface area contributed by atoms with Crippen molar-refractivity contribution >= 4 is 0 Å². The van der Waals surface area contributed by atoms with Gasteiger partial charge in [0, 0.05) is 0 Å². The third kappa shape index (κ3) is 5.80. The fraction of sp³-hybridized carbons (Fsp3) is 1.00. The van der Waals surface area contributed by atoms with Crippen LogP contribution in [0.3, 0.4) is 0 Å². The zero-order chi connectivity index (χ0) is 11.8. The van der Waals surface area contributed by atoms with E-state index in [1.165, 1.54) is 12.8 Å². The average molecular weight is 232 g/mol. The molecule has 16 heavy (non-hydrogen) atoms. The molecule has 0 spiro atoms. The summed E-state index contributed by atoms with van der Waals surface area (Å²) >= 11 is 0. The first-order chi connectivity index (χ1) is 7.72. The van der Waals surface area contributed by atoms with E-state index in [2.05, 4.69) is 6.92 Å². The van der Waals surface area contributed by atoms with Gasteiger partial charge in [0.15, 0.2) is 0 Å². The zero-order valence-corrected chi connectivity index (χ0v) is 10.1. The van der Waals surface area contributed by atoms with Gasteiger partial charge in [-0.1, -0.05) is 6.92 Å². The highest BCUT2D eigenvalue weighted by atomic mass is 16.5. The first-order valence-electron chi connectivity index (χ1n) is 6.20. The third-order valence-electron chi connectivity index (χ3n) is 3.07. The van der Waals surface area contributed by atoms with Crippen LogP contribution in [0, 0.1) is 5.92 Å². The molecule has 0 aromatic rings. The molecule has 2 N–H and O–H groups in total. The molecule has 0 heterocycles. The minimum absolute atomic E-state index is 0.182. The molecule has 0 aliphatic heterocycles. The van der Waals surface area contributed by atoms with Gasteiger partial charge in [-0.05, 0) is 31.6 Å². The van der Waals surface area contributed by atoms with E-state index in [1.54, 1.807) is 0 Å². The van der Waals surface area contributed by atoms with E-state index in [0.29, 0.717) is 19.3 Å². The van der Waals surface area contributed by atoms with Crippen molar-refractivity contribution in [3.8, 4) is 0 Å². The summed E-state index contributed by atoms with van der Waals surface area (Å²) in [4.78, 5) is 0. The van der Waals surface area contributed by atoms with Crippen molar-refractivity contribution in [1.29, 1.82) is 0 Å². The fourth-order valence-corrected chi connectivity index (χ4v) is 1.94. The molecule has 0 amide bonds. The zero-order valence-electron chi connectivity index (χ0n) is 10.1. The van der Waals surface area contributed by atoms with Gasteiger partial charge in [0.2, 0.25) is 0 Å². The molecule has 0 radical (unpaired) electrons. The summed E-state index contributed by atoms with van der Waals surface area (Å²) in [7, 11) is 0. The molecule has 4 nitrogen and oxygen atoms in total. The highest BCUT2D eigenvalue weighted by Gasteiger charge is 2.18. The topological polar surface area (TPSA) is 58.9 Å². The van der Waals surface area contributed by atoms with E-state index in [9.17, 15) is 0 Å². The van der Waals surface area contributed by atoms with Gasteiger partial charge in [-0.25, -0.2) is 0 Å². The second-order valence-electron chi connectivity index (χ2n) is 4.66. The van der Waals surface area contributed by atoms with Crippen molar-refractivity contribution in [2.24, 2.45) is 5.92 Å². The smallest absolute Gasteiger partial charge is 0.100 e. The lowest BCUT2D eigenvalue weighted by atomic mass is 9.89. The summed E-state index contributed by atoms with van der Waals surface area (Å²) in [6, 6.07) is 0.